The van der Waals surface area contributed by atoms with E-state index in [1.54, 1.807) is 6.20 Å². The first-order chi connectivity index (χ1) is 14.5. The summed E-state index contributed by atoms with van der Waals surface area (Å²) in [5.74, 6) is -0.0654. The second kappa shape index (κ2) is 7.42. The molecule has 1 aliphatic carbocycles. The maximum atomic E-state index is 13.6. The topological polar surface area (TPSA) is 69.5 Å². The molecule has 8 heteroatoms. The molecular weight excluding hydrogens is 387 g/mol. The van der Waals surface area contributed by atoms with Crippen LogP contribution in [0.4, 0.5) is 4.39 Å². The van der Waals surface area contributed by atoms with Gasteiger partial charge in [-0.15, -0.1) is 0 Å². The zero-order chi connectivity index (χ0) is 20.8. The molecule has 2 aliphatic heterocycles. The standard InChI is InChI=1S/C22H27FN4O3/c1-16(17-3-4-19(24-13-17)27-15-18(23)14-25-27)26-10-2-5-21(20(26)28)6-8-22(9-7-21)29-11-12-30-22/h3-4,13-16H,2,5-12H2,1H3. The Morgan fingerprint density at radius 2 is 1.87 bits per heavy atom. The third-order valence-electron chi connectivity index (χ3n) is 7.06. The molecule has 0 aromatic carbocycles. The van der Waals surface area contributed by atoms with Crippen molar-refractivity contribution in [2.75, 3.05) is 19.8 Å². The van der Waals surface area contributed by atoms with E-state index in [1.807, 2.05) is 17.0 Å². The van der Waals surface area contributed by atoms with E-state index >= 15 is 0 Å². The number of hydrogen-bond donors (Lipinski definition) is 0. The molecule has 0 radical (unpaired) electrons. The molecule has 0 N–H and O–H groups in total. The number of halogens is 1. The fraction of sp³-hybridized carbons (Fsp3) is 0.591. The summed E-state index contributed by atoms with van der Waals surface area (Å²) in [6, 6.07) is 3.68. The Hall–Kier alpha value is -2.32. The molecule has 7 nitrogen and oxygen atoms in total. The summed E-state index contributed by atoms with van der Waals surface area (Å²) in [7, 11) is 0. The van der Waals surface area contributed by atoms with Gasteiger partial charge in [0, 0.05) is 31.0 Å². The summed E-state index contributed by atoms with van der Waals surface area (Å²) < 4.78 is 26.3. The summed E-state index contributed by atoms with van der Waals surface area (Å²) in [5.41, 5.74) is 0.666. The Balaban J connectivity index is 1.31. The maximum Gasteiger partial charge on any atom is 0.229 e. The fourth-order valence-electron chi connectivity index (χ4n) is 5.22. The first-order valence-corrected chi connectivity index (χ1v) is 10.8. The predicted molar refractivity (Wildman–Crippen MR) is 106 cm³/mol. The van der Waals surface area contributed by atoms with Crippen LogP contribution in [-0.2, 0) is 14.3 Å². The van der Waals surface area contributed by atoms with Gasteiger partial charge in [0.05, 0.1) is 31.6 Å². The van der Waals surface area contributed by atoms with Gasteiger partial charge >= 0.3 is 0 Å². The lowest BCUT2D eigenvalue weighted by molar-refractivity contribution is -0.199. The first-order valence-electron chi connectivity index (χ1n) is 10.8. The van der Waals surface area contributed by atoms with Crippen molar-refractivity contribution in [2.45, 2.75) is 57.3 Å². The van der Waals surface area contributed by atoms with Crippen molar-refractivity contribution in [3.05, 3.63) is 42.1 Å². The lowest BCUT2D eigenvalue weighted by atomic mass is 9.66. The highest BCUT2D eigenvalue weighted by Gasteiger charge is 2.52. The molecule has 2 aromatic heterocycles. The number of carbonyl (C=O) groups excluding carboxylic acids is 1. The van der Waals surface area contributed by atoms with Crippen LogP contribution in [0.5, 0.6) is 0 Å². The highest BCUT2D eigenvalue weighted by atomic mass is 19.1. The zero-order valence-electron chi connectivity index (χ0n) is 17.2. The van der Waals surface area contributed by atoms with Gasteiger partial charge < -0.3 is 14.4 Å². The summed E-state index contributed by atoms with van der Waals surface area (Å²) in [4.78, 5) is 20.0. The van der Waals surface area contributed by atoms with Crippen LogP contribution >= 0.6 is 0 Å². The van der Waals surface area contributed by atoms with Gasteiger partial charge in [0.2, 0.25) is 5.91 Å². The van der Waals surface area contributed by atoms with Crippen LogP contribution in [0.3, 0.4) is 0 Å². The molecule has 1 saturated carbocycles. The molecule has 0 bridgehead atoms. The molecule has 3 fully saturated rings. The number of amides is 1. The molecule has 2 spiro atoms. The number of aromatic nitrogens is 3. The molecule has 2 saturated heterocycles. The highest BCUT2D eigenvalue weighted by Crippen LogP contribution is 2.50. The Morgan fingerprint density at radius 1 is 1.10 bits per heavy atom. The van der Waals surface area contributed by atoms with Crippen LogP contribution in [0.15, 0.2) is 30.7 Å². The molecule has 3 aliphatic rings. The van der Waals surface area contributed by atoms with Gasteiger partial charge in [0.25, 0.3) is 0 Å². The summed E-state index contributed by atoms with van der Waals surface area (Å²) in [5, 5.41) is 3.94. The van der Waals surface area contributed by atoms with Crippen molar-refractivity contribution in [3.8, 4) is 5.82 Å². The van der Waals surface area contributed by atoms with Crippen LogP contribution in [0.2, 0.25) is 0 Å². The van der Waals surface area contributed by atoms with E-state index in [2.05, 4.69) is 17.0 Å². The molecule has 5 rings (SSSR count). The smallest absolute Gasteiger partial charge is 0.229 e. The molecule has 1 amide bonds. The molecule has 1 unspecified atom stereocenters. The lowest BCUT2D eigenvalue weighted by Gasteiger charge is -2.48. The van der Waals surface area contributed by atoms with Crippen LogP contribution in [0.25, 0.3) is 5.82 Å². The van der Waals surface area contributed by atoms with E-state index in [-0.39, 0.29) is 17.4 Å². The largest absolute Gasteiger partial charge is 0.348 e. The number of nitrogens with zero attached hydrogens (tertiary/aromatic N) is 4. The number of likely N-dealkylation sites (tertiary alicyclic amines) is 1. The van der Waals surface area contributed by atoms with E-state index in [1.165, 1.54) is 10.9 Å². The highest BCUT2D eigenvalue weighted by molar-refractivity contribution is 5.84. The van der Waals surface area contributed by atoms with Crippen molar-refractivity contribution < 1.29 is 18.7 Å². The normalized spacial score (nSPS) is 23.9. The van der Waals surface area contributed by atoms with Gasteiger partial charge in [0.15, 0.2) is 17.4 Å². The molecule has 160 valence electrons. The van der Waals surface area contributed by atoms with E-state index in [4.69, 9.17) is 9.47 Å². The minimum absolute atomic E-state index is 0.0690. The fourth-order valence-corrected chi connectivity index (χ4v) is 5.22. The number of ether oxygens (including phenoxy) is 2. The van der Waals surface area contributed by atoms with Gasteiger partial charge in [0.1, 0.15) is 0 Å². The number of hydrogen-bond acceptors (Lipinski definition) is 5. The SMILES string of the molecule is CC(c1ccc(-n2cc(F)cn2)nc1)N1CCCC2(CCC3(CC2)OCCO3)C1=O. The van der Waals surface area contributed by atoms with Crippen molar-refractivity contribution in [2.24, 2.45) is 5.41 Å². The molecule has 4 heterocycles. The molecular formula is C22H27FN4O3. The molecule has 2 aromatic rings. The van der Waals surface area contributed by atoms with Crippen molar-refractivity contribution in [1.82, 2.24) is 19.7 Å². The van der Waals surface area contributed by atoms with Gasteiger partial charge in [-0.25, -0.2) is 14.1 Å². The third kappa shape index (κ3) is 3.32. The number of rotatable bonds is 3. The summed E-state index contributed by atoms with van der Waals surface area (Å²) >= 11 is 0. The minimum Gasteiger partial charge on any atom is -0.348 e. The van der Waals surface area contributed by atoms with Crippen LogP contribution in [-0.4, -0.2) is 51.1 Å². The Morgan fingerprint density at radius 3 is 2.50 bits per heavy atom. The zero-order valence-corrected chi connectivity index (χ0v) is 17.2. The Labute approximate surface area is 175 Å². The minimum atomic E-state index is -0.453. The first kappa shape index (κ1) is 19.6. The summed E-state index contributed by atoms with van der Waals surface area (Å²) in [6.45, 7) is 4.11. The van der Waals surface area contributed by atoms with Gasteiger partial charge in [-0.2, -0.15) is 5.10 Å². The monoisotopic (exact) mass is 414 g/mol. The van der Waals surface area contributed by atoms with E-state index in [9.17, 15) is 9.18 Å². The van der Waals surface area contributed by atoms with E-state index < -0.39 is 11.6 Å². The van der Waals surface area contributed by atoms with Crippen LogP contribution in [0.1, 0.15) is 57.1 Å². The predicted octanol–water partition coefficient (Wildman–Crippen LogP) is 3.39. The third-order valence-corrected chi connectivity index (χ3v) is 7.06. The second-order valence-corrected chi connectivity index (χ2v) is 8.72. The van der Waals surface area contributed by atoms with Crippen molar-refractivity contribution in [3.63, 3.8) is 0 Å². The van der Waals surface area contributed by atoms with Crippen LogP contribution in [0, 0.1) is 11.2 Å². The number of carbonyl (C=O) groups is 1. The number of pyridine rings is 1. The van der Waals surface area contributed by atoms with Crippen molar-refractivity contribution in [1.29, 1.82) is 0 Å². The molecule has 1 atom stereocenters. The Kier molecular flexibility index (Phi) is 4.86. The van der Waals surface area contributed by atoms with Gasteiger partial charge in [-0.1, -0.05) is 6.07 Å². The summed E-state index contributed by atoms with van der Waals surface area (Å²) in [6.07, 6.45) is 9.35. The van der Waals surface area contributed by atoms with Gasteiger partial charge in [-0.05, 0) is 44.2 Å². The lowest BCUT2D eigenvalue weighted by Crippen LogP contribution is -2.53. The second-order valence-electron chi connectivity index (χ2n) is 8.72. The maximum absolute atomic E-state index is 13.6. The quantitative estimate of drug-likeness (QED) is 0.770. The Bertz CT molecular complexity index is 913. The van der Waals surface area contributed by atoms with Gasteiger partial charge in [-0.3, -0.25) is 4.79 Å². The average molecular weight is 414 g/mol. The average Bonchev–Trinajstić information content (AvgIpc) is 3.41. The number of piperidine rings is 1. The molecule has 30 heavy (non-hydrogen) atoms. The van der Waals surface area contributed by atoms with Crippen LogP contribution < -0.4 is 0 Å². The van der Waals surface area contributed by atoms with E-state index in [0.29, 0.717) is 19.0 Å². The van der Waals surface area contributed by atoms with Crippen molar-refractivity contribution >= 4 is 5.91 Å². The van der Waals surface area contributed by atoms with E-state index in [0.717, 1.165) is 56.8 Å².